The highest BCUT2D eigenvalue weighted by molar-refractivity contribution is 7.91. The SMILES string of the molecule is CCN(C(=O)c1cc2c(cc1OC)CCC2)[C@H]1CCS(=O)(=O)C1. The van der Waals surface area contributed by atoms with Crippen LogP contribution in [0.2, 0.25) is 0 Å². The van der Waals surface area contributed by atoms with Crippen LogP contribution in [0.3, 0.4) is 0 Å². The molecule has 3 rings (SSSR count). The molecule has 0 saturated carbocycles. The van der Waals surface area contributed by atoms with Gasteiger partial charge in [-0.2, -0.15) is 0 Å². The summed E-state index contributed by atoms with van der Waals surface area (Å²) in [5, 5.41) is 0. The molecule has 6 heteroatoms. The van der Waals surface area contributed by atoms with Gasteiger partial charge in [-0.1, -0.05) is 0 Å². The third-order valence-electron chi connectivity index (χ3n) is 4.90. The van der Waals surface area contributed by atoms with Crippen molar-refractivity contribution in [3.05, 3.63) is 28.8 Å². The lowest BCUT2D eigenvalue weighted by Gasteiger charge is -2.27. The minimum absolute atomic E-state index is 0.0693. The van der Waals surface area contributed by atoms with Gasteiger partial charge in [0, 0.05) is 12.6 Å². The number of aryl methyl sites for hydroxylation is 2. The molecule has 1 atom stereocenters. The maximum atomic E-state index is 13.0. The summed E-state index contributed by atoms with van der Waals surface area (Å²) in [5.41, 5.74) is 3.02. The summed E-state index contributed by atoms with van der Waals surface area (Å²) in [6, 6.07) is 3.68. The molecule has 0 bridgehead atoms. The Hall–Kier alpha value is -1.56. The van der Waals surface area contributed by atoms with E-state index in [4.69, 9.17) is 4.74 Å². The largest absolute Gasteiger partial charge is 0.496 e. The maximum Gasteiger partial charge on any atom is 0.257 e. The Balaban J connectivity index is 1.92. The van der Waals surface area contributed by atoms with Crippen molar-refractivity contribution in [2.45, 2.75) is 38.6 Å². The fourth-order valence-electron chi connectivity index (χ4n) is 3.68. The summed E-state index contributed by atoms with van der Waals surface area (Å²) in [6.07, 6.45) is 3.64. The van der Waals surface area contributed by atoms with Gasteiger partial charge in [-0.25, -0.2) is 8.42 Å². The number of methoxy groups -OCH3 is 1. The van der Waals surface area contributed by atoms with E-state index in [1.165, 1.54) is 11.1 Å². The Labute approximate surface area is 137 Å². The molecule has 1 saturated heterocycles. The van der Waals surface area contributed by atoms with Crippen LogP contribution in [0, 0.1) is 0 Å². The normalized spacial score (nSPS) is 21.9. The second kappa shape index (κ2) is 6.15. The minimum Gasteiger partial charge on any atom is -0.496 e. The number of sulfone groups is 1. The standard InChI is InChI=1S/C17H23NO4S/c1-3-18(14-7-8-23(20,21)11-14)17(19)15-9-12-5-4-6-13(12)10-16(15)22-2/h9-10,14H,3-8,11H2,1-2H3/t14-/m0/s1. The summed E-state index contributed by atoms with van der Waals surface area (Å²) in [4.78, 5) is 14.7. The van der Waals surface area contributed by atoms with Crippen LogP contribution in [0.4, 0.5) is 0 Å². The first-order valence-corrected chi connectivity index (χ1v) is 9.98. The van der Waals surface area contributed by atoms with E-state index in [9.17, 15) is 13.2 Å². The van der Waals surface area contributed by atoms with Gasteiger partial charge in [0.25, 0.3) is 5.91 Å². The molecule has 0 aromatic heterocycles. The number of ether oxygens (including phenoxy) is 1. The number of fused-ring (bicyclic) bond motifs is 1. The molecule has 0 unspecified atom stereocenters. The van der Waals surface area contributed by atoms with Crippen molar-refractivity contribution >= 4 is 15.7 Å². The molecule has 0 spiro atoms. The molecule has 23 heavy (non-hydrogen) atoms. The van der Waals surface area contributed by atoms with E-state index in [0.717, 1.165) is 19.3 Å². The van der Waals surface area contributed by atoms with Crippen LogP contribution in [0.5, 0.6) is 5.75 Å². The highest BCUT2D eigenvalue weighted by atomic mass is 32.2. The second-order valence-electron chi connectivity index (χ2n) is 6.32. The number of hydrogen-bond acceptors (Lipinski definition) is 4. The molecule has 1 aliphatic carbocycles. The van der Waals surface area contributed by atoms with Crippen molar-refractivity contribution in [2.75, 3.05) is 25.2 Å². The second-order valence-corrected chi connectivity index (χ2v) is 8.55. The first-order valence-electron chi connectivity index (χ1n) is 8.16. The third-order valence-corrected chi connectivity index (χ3v) is 6.65. The van der Waals surface area contributed by atoms with Gasteiger partial charge in [-0.05, 0) is 55.9 Å². The monoisotopic (exact) mass is 337 g/mol. The highest BCUT2D eigenvalue weighted by Crippen LogP contribution is 2.31. The van der Waals surface area contributed by atoms with Crippen molar-refractivity contribution in [3.63, 3.8) is 0 Å². The predicted octanol–water partition coefficient (Wildman–Crippen LogP) is 1.83. The lowest BCUT2D eigenvalue weighted by atomic mass is 10.0. The molecule has 1 aromatic carbocycles. The molecule has 0 radical (unpaired) electrons. The van der Waals surface area contributed by atoms with Crippen molar-refractivity contribution in [3.8, 4) is 5.75 Å². The maximum absolute atomic E-state index is 13.0. The Bertz CT molecular complexity index is 726. The molecule has 0 N–H and O–H groups in total. The molecule has 1 aliphatic heterocycles. The Kier molecular flexibility index (Phi) is 4.36. The number of carbonyl (C=O) groups is 1. The summed E-state index contributed by atoms with van der Waals surface area (Å²) in [5.74, 6) is 0.707. The zero-order valence-corrected chi connectivity index (χ0v) is 14.5. The average Bonchev–Trinajstić information content (AvgIpc) is 3.12. The van der Waals surface area contributed by atoms with Gasteiger partial charge >= 0.3 is 0 Å². The first kappa shape index (κ1) is 16.3. The van der Waals surface area contributed by atoms with E-state index >= 15 is 0 Å². The number of nitrogens with zero attached hydrogens (tertiary/aromatic N) is 1. The molecule has 1 fully saturated rings. The van der Waals surface area contributed by atoms with Crippen LogP contribution >= 0.6 is 0 Å². The number of amides is 1. The molecular formula is C17H23NO4S. The smallest absolute Gasteiger partial charge is 0.257 e. The van der Waals surface area contributed by atoms with Crippen molar-refractivity contribution < 1.29 is 17.9 Å². The molecule has 1 aromatic rings. The van der Waals surface area contributed by atoms with E-state index in [-0.39, 0.29) is 23.5 Å². The molecule has 1 heterocycles. The van der Waals surface area contributed by atoms with Gasteiger partial charge in [0.2, 0.25) is 0 Å². The lowest BCUT2D eigenvalue weighted by molar-refractivity contribution is 0.0705. The van der Waals surface area contributed by atoms with Crippen molar-refractivity contribution in [2.24, 2.45) is 0 Å². The lowest BCUT2D eigenvalue weighted by Crippen LogP contribution is -2.41. The van der Waals surface area contributed by atoms with Crippen LogP contribution in [0.1, 0.15) is 41.3 Å². The summed E-state index contributed by atoms with van der Waals surface area (Å²) >= 11 is 0. The average molecular weight is 337 g/mol. The van der Waals surface area contributed by atoms with Crippen molar-refractivity contribution in [1.29, 1.82) is 0 Å². The zero-order chi connectivity index (χ0) is 16.6. The Morgan fingerprint density at radius 3 is 2.57 bits per heavy atom. The molecule has 126 valence electrons. The zero-order valence-electron chi connectivity index (χ0n) is 13.7. The highest BCUT2D eigenvalue weighted by Gasteiger charge is 2.35. The summed E-state index contributed by atoms with van der Waals surface area (Å²) in [6.45, 7) is 2.39. The van der Waals surface area contributed by atoms with Gasteiger partial charge in [0.15, 0.2) is 9.84 Å². The van der Waals surface area contributed by atoms with E-state index in [1.54, 1.807) is 12.0 Å². The fraction of sp³-hybridized carbons (Fsp3) is 0.588. The van der Waals surface area contributed by atoms with Crippen molar-refractivity contribution in [1.82, 2.24) is 4.90 Å². The van der Waals surface area contributed by atoms with Gasteiger partial charge < -0.3 is 9.64 Å². The third kappa shape index (κ3) is 3.09. The number of benzene rings is 1. The van der Waals surface area contributed by atoms with Gasteiger partial charge in [0.1, 0.15) is 5.75 Å². The minimum atomic E-state index is -3.02. The van der Waals surface area contributed by atoms with Crippen LogP contribution < -0.4 is 4.74 Å². The number of hydrogen-bond donors (Lipinski definition) is 0. The fourth-order valence-corrected chi connectivity index (χ4v) is 5.41. The van der Waals surface area contributed by atoms with E-state index in [1.807, 2.05) is 19.1 Å². The van der Waals surface area contributed by atoms with E-state index in [0.29, 0.717) is 24.3 Å². The van der Waals surface area contributed by atoms with Crippen LogP contribution in [-0.4, -0.2) is 50.4 Å². The van der Waals surface area contributed by atoms with E-state index in [2.05, 4.69) is 0 Å². The molecule has 5 nitrogen and oxygen atoms in total. The topological polar surface area (TPSA) is 63.7 Å². The number of rotatable bonds is 4. The molecular weight excluding hydrogens is 314 g/mol. The Morgan fingerprint density at radius 1 is 1.30 bits per heavy atom. The first-order chi connectivity index (χ1) is 10.9. The Morgan fingerprint density at radius 2 is 2.00 bits per heavy atom. The van der Waals surface area contributed by atoms with Gasteiger partial charge in [-0.15, -0.1) is 0 Å². The van der Waals surface area contributed by atoms with Crippen LogP contribution in [0.15, 0.2) is 12.1 Å². The van der Waals surface area contributed by atoms with Crippen LogP contribution in [0.25, 0.3) is 0 Å². The molecule has 2 aliphatic rings. The predicted molar refractivity (Wildman–Crippen MR) is 88.8 cm³/mol. The number of carbonyl (C=O) groups excluding carboxylic acids is 1. The summed E-state index contributed by atoms with van der Waals surface area (Å²) < 4.78 is 28.9. The van der Waals surface area contributed by atoms with Gasteiger partial charge in [-0.3, -0.25) is 4.79 Å². The molecule has 1 amide bonds. The van der Waals surface area contributed by atoms with E-state index < -0.39 is 9.84 Å². The van der Waals surface area contributed by atoms with Gasteiger partial charge in [0.05, 0.1) is 24.2 Å². The summed E-state index contributed by atoms with van der Waals surface area (Å²) in [7, 11) is -1.44. The van der Waals surface area contributed by atoms with Crippen LogP contribution in [-0.2, 0) is 22.7 Å². The quantitative estimate of drug-likeness (QED) is 0.841.